The number of allylic oxidation sites excluding steroid dienone is 5. The zero-order chi connectivity index (χ0) is 30.6. The SMILES string of the molecule is C=C/C=C\[C@H](C)C(OC(N)=O)C(C)C(O)C(C)C/C(C)=C\[C@H](C)CC(C)/C=C\C(O)CC1OC(=O)C(C)C[C@H]1C. The van der Waals surface area contributed by atoms with Gasteiger partial charge in [-0.1, -0.05) is 97.1 Å². The molecule has 0 aromatic heterocycles. The van der Waals surface area contributed by atoms with Crippen LogP contribution in [0.15, 0.2) is 48.6 Å². The van der Waals surface area contributed by atoms with Gasteiger partial charge in [-0.25, -0.2) is 4.79 Å². The van der Waals surface area contributed by atoms with Gasteiger partial charge in [-0.2, -0.15) is 0 Å². The van der Waals surface area contributed by atoms with Crippen LogP contribution < -0.4 is 5.73 Å². The summed E-state index contributed by atoms with van der Waals surface area (Å²) in [5.74, 6) is 0.0919. The van der Waals surface area contributed by atoms with E-state index in [0.717, 1.165) is 19.3 Å². The lowest BCUT2D eigenvalue weighted by atomic mass is 9.81. The molecule has 0 spiro atoms. The number of amides is 1. The third kappa shape index (κ3) is 12.4. The molecule has 1 saturated heterocycles. The van der Waals surface area contributed by atoms with Gasteiger partial charge >= 0.3 is 12.1 Å². The van der Waals surface area contributed by atoms with Crippen molar-refractivity contribution in [1.82, 2.24) is 0 Å². The maximum absolute atomic E-state index is 11.9. The van der Waals surface area contributed by atoms with Gasteiger partial charge in [0.1, 0.15) is 12.2 Å². The first-order valence-electron chi connectivity index (χ1n) is 14.8. The van der Waals surface area contributed by atoms with Gasteiger partial charge < -0.3 is 25.4 Å². The zero-order valence-electron chi connectivity index (χ0n) is 26.0. The number of hydrogen-bond acceptors (Lipinski definition) is 6. The quantitative estimate of drug-likeness (QED) is 0.115. The van der Waals surface area contributed by atoms with E-state index in [1.54, 1.807) is 12.2 Å². The highest BCUT2D eigenvalue weighted by molar-refractivity contribution is 5.73. The highest BCUT2D eigenvalue weighted by atomic mass is 16.6. The first kappa shape index (κ1) is 35.6. The largest absolute Gasteiger partial charge is 0.462 e. The topological polar surface area (TPSA) is 119 Å². The number of esters is 1. The lowest BCUT2D eigenvalue weighted by Crippen LogP contribution is -2.41. The number of hydrogen-bond donors (Lipinski definition) is 3. The van der Waals surface area contributed by atoms with Crippen molar-refractivity contribution in [3.8, 4) is 0 Å². The summed E-state index contributed by atoms with van der Waals surface area (Å²) >= 11 is 0. The van der Waals surface area contributed by atoms with Crippen LogP contribution >= 0.6 is 0 Å². The predicted octanol–water partition coefficient (Wildman–Crippen LogP) is 6.36. The maximum atomic E-state index is 11.9. The second kappa shape index (κ2) is 17.4. The van der Waals surface area contributed by atoms with Crippen molar-refractivity contribution < 1.29 is 29.3 Å². The van der Waals surface area contributed by atoms with Crippen LogP contribution in [0.3, 0.4) is 0 Å². The fourth-order valence-electron chi connectivity index (χ4n) is 5.92. The first-order valence-corrected chi connectivity index (χ1v) is 14.8. The molecule has 0 radical (unpaired) electrons. The standard InChI is InChI=1S/C33H55NO6/c1-10-11-12-23(5)31(40-33(34)38)27(9)30(36)25(7)17-22(4)16-21(3)15-20(2)13-14-28(35)19-29-24(6)18-26(8)32(37)39-29/h10-14,16,20-21,23-31,35-36H,1,15,17-19H2,2-9H3,(H2,34,38)/b12-11-,14-13-,22-16-/t20?,21-,23+,24-,25?,26?,27?,28?,29?,30?,31?/m1/s1. The van der Waals surface area contributed by atoms with Crippen molar-refractivity contribution in [2.75, 3.05) is 0 Å². The molecule has 8 unspecified atom stereocenters. The van der Waals surface area contributed by atoms with E-state index in [2.05, 4.69) is 40.3 Å². The minimum absolute atomic E-state index is 0.0419. The van der Waals surface area contributed by atoms with Crippen LogP contribution in [0, 0.1) is 41.4 Å². The normalized spacial score (nSPS) is 26.4. The average molecular weight is 562 g/mol. The fraction of sp³-hybridized carbons (Fsp3) is 0.697. The van der Waals surface area contributed by atoms with E-state index in [1.807, 2.05) is 45.9 Å². The molecular weight excluding hydrogens is 506 g/mol. The zero-order valence-corrected chi connectivity index (χ0v) is 26.0. The highest BCUT2D eigenvalue weighted by Crippen LogP contribution is 2.30. The van der Waals surface area contributed by atoms with E-state index in [0.29, 0.717) is 12.3 Å². The number of primary amides is 1. The number of cyclic esters (lactones) is 1. The highest BCUT2D eigenvalue weighted by Gasteiger charge is 2.34. The summed E-state index contributed by atoms with van der Waals surface area (Å²) in [6.07, 6.45) is 11.3. The molecule has 0 bridgehead atoms. The number of carbonyl (C=O) groups excluding carboxylic acids is 2. The second-order valence-electron chi connectivity index (χ2n) is 12.4. The molecule has 228 valence electrons. The molecule has 7 nitrogen and oxygen atoms in total. The van der Waals surface area contributed by atoms with Crippen LogP contribution in [-0.4, -0.2) is 46.7 Å². The lowest BCUT2D eigenvalue weighted by Gasteiger charge is -2.33. The average Bonchev–Trinajstić information content (AvgIpc) is 2.86. The smallest absolute Gasteiger partial charge is 0.404 e. The minimum Gasteiger partial charge on any atom is -0.462 e. The van der Waals surface area contributed by atoms with Gasteiger partial charge in [0.2, 0.25) is 0 Å². The van der Waals surface area contributed by atoms with Crippen LogP contribution in [0.1, 0.15) is 81.1 Å². The number of carbonyl (C=O) groups is 2. The summed E-state index contributed by atoms with van der Waals surface area (Å²) in [6.45, 7) is 19.8. The van der Waals surface area contributed by atoms with Gasteiger partial charge in [0.15, 0.2) is 0 Å². The lowest BCUT2D eigenvalue weighted by molar-refractivity contribution is -0.165. The van der Waals surface area contributed by atoms with E-state index < -0.39 is 24.4 Å². The van der Waals surface area contributed by atoms with Crippen molar-refractivity contribution in [2.45, 2.75) is 105 Å². The Hall–Kier alpha value is -2.38. The van der Waals surface area contributed by atoms with Crippen molar-refractivity contribution in [3.05, 3.63) is 48.6 Å². The molecule has 1 rings (SSSR count). The summed E-state index contributed by atoms with van der Waals surface area (Å²) in [5.41, 5.74) is 6.50. The third-order valence-corrected chi connectivity index (χ3v) is 8.08. The molecule has 0 aliphatic carbocycles. The molecule has 1 aliphatic rings. The molecule has 7 heteroatoms. The minimum atomic E-state index is -0.849. The molecule has 0 aromatic rings. The van der Waals surface area contributed by atoms with E-state index in [9.17, 15) is 19.8 Å². The molecule has 1 heterocycles. The Bertz CT molecular complexity index is 895. The molecule has 1 amide bonds. The van der Waals surface area contributed by atoms with E-state index in [-0.39, 0.29) is 47.6 Å². The summed E-state index contributed by atoms with van der Waals surface area (Å²) in [6, 6.07) is 0. The van der Waals surface area contributed by atoms with Crippen LogP contribution in [0.5, 0.6) is 0 Å². The first-order chi connectivity index (χ1) is 18.7. The number of ether oxygens (including phenoxy) is 2. The monoisotopic (exact) mass is 561 g/mol. The number of aliphatic hydroxyl groups excluding tert-OH is 2. The van der Waals surface area contributed by atoms with Crippen molar-refractivity contribution in [3.63, 3.8) is 0 Å². The Kier molecular flexibility index (Phi) is 15.5. The third-order valence-electron chi connectivity index (χ3n) is 8.08. The fourth-order valence-corrected chi connectivity index (χ4v) is 5.92. The molecule has 1 fully saturated rings. The number of rotatable bonds is 16. The van der Waals surface area contributed by atoms with Gasteiger partial charge in [-0.15, -0.1) is 0 Å². The Balaban J connectivity index is 2.65. The number of aliphatic hydroxyl groups is 2. The molecule has 40 heavy (non-hydrogen) atoms. The van der Waals surface area contributed by atoms with E-state index in [1.165, 1.54) is 5.57 Å². The van der Waals surface area contributed by atoms with Gasteiger partial charge in [-0.05, 0) is 49.9 Å². The van der Waals surface area contributed by atoms with Crippen molar-refractivity contribution >= 4 is 12.1 Å². The van der Waals surface area contributed by atoms with Crippen molar-refractivity contribution in [1.29, 1.82) is 0 Å². The summed E-state index contributed by atoms with van der Waals surface area (Å²) in [4.78, 5) is 23.4. The van der Waals surface area contributed by atoms with Gasteiger partial charge in [0, 0.05) is 18.3 Å². The van der Waals surface area contributed by atoms with Gasteiger partial charge in [0.25, 0.3) is 0 Å². The second-order valence-corrected chi connectivity index (χ2v) is 12.4. The van der Waals surface area contributed by atoms with Crippen LogP contribution in [0.4, 0.5) is 4.79 Å². The Morgan fingerprint density at radius 2 is 1.77 bits per heavy atom. The maximum Gasteiger partial charge on any atom is 0.404 e. The van der Waals surface area contributed by atoms with Crippen LogP contribution in [0.25, 0.3) is 0 Å². The molecule has 1 aliphatic heterocycles. The number of nitrogens with two attached hydrogens (primary N) is 1. The molecule has 11 atom stereocenters. The molecule has 0 aromatic carbocycles. The van der Waals surface area contributed by atoms with Crippen LogP contribution in [-0.2, 0) is 14.3 Å². The Morgan fingerprint density at radius 3 is 2.38 bits per heavy atom. The van der Waals surface area contributed by atoms with E-state index >= 15 is 0 Å². The van der Waals surface area contributed by atoms with E-state index in [4.69, 9.17) is 15.2 Å². The van der Waals surface area contributed by atoms with Crippen LogP contribution in [0.2, 0.25) is 0 Å². The van der Waals surface area contributed by atoms with Gasteiger partial charge in [-0.3, -0.25) is 4.79 Å². The van der Waals surface area contributed by atoms with Gasteiger partial charge in [0.05, 0.1) is 18.1 Å². The molecule has 0 saturated carbocycles. The Morgan fingerprint density at radius 1 is 1.12 bits per heavy atom. The summed E-state index contributed by atoms with van der Waals surface area (Å²) in [5, 5.41) is 21.6. The van der Waals surface area contributed by atoms with Crippen molar-refractivity contribution in [2.24, 2.45) is 47.2 Å². The summed E-state index contributed by atoms with van der Waals surface area (Å²) < 4.78 is 10.9. The predicted molar refractivity (Wildman–Crippen MR) is 161 cm³/mol. The molecule has 4 N–H and O–H groups in total. The summed E-state index contributed by atoms with van der Waals surface area (Å²) in [7, 11) is 0. The molecular formula is C33H55NO6. The Labute approximate surface area is 242 Å².